The van der Waals surface area contributed by atoms with Gasteiger partial charge in [-0.1, -0.05) is 23.7 Å². The number of ether oxygens (including phenoxy) is 1. The van der Waals surface area contributed by atoms with Gasteiger partial charge in [0.25, 0.3) is 11.8 Å². The van der Waals surface area contributed by atoms with Crippen LogP contribution in [0.2, 0.25) is 5.02 Å². The van der Waals surface area contributed by atoms with Crippen molar-refractivity contribution < 1.29 is 18.7 Å². The van der Waals surface area contributed by atoms with Crippen LogP contribution in [0.4, 0.5) is 5.69 Å². The highest BCUT2D eigenvalue weighted by molar-refractivity contribution is 6.30. The molecule has 2 aromatic carbocycles. The summed E-state index contributed by atoms with van der Waals surface area (Å²) >= 11 is 5.91. The van der Waals surface area contributed by atoms with Crippen molar-refractivity contribution in [3.63, 3.8) is 0 Å². The number of anilines is 1. The van der Waals surface area contributed by atoms with Gasteiger partial charge in [-0.2, -0.15) is 0 Å². The summed E-state index contributed by atoms with van der Waals surface area (Å²) in [5.74, 6) is 0.162. The Morgan fingerprint density at radius 3 is 2.56 bits per heavy atom. The molecule has 2 N–H and O–H groups in total. The highest BCUT2D eigenvalue weighted by Gasteiger charge is 2.09. The smallest absolute Gasteiger partial charge is 0.291 e. The molecule has 3 rings (SSSR count). The van der Waals surface area contributed by atoms with E-state index in [1.165, 1.54) is 6.26 Å². The van der Waals surface area contributed by atoms with E-state index >= 15 is 0 Å². The highest BCUT2D eigenvalue weighted by atomic mass is 35.5. The number of furan rings is 1. The van der Waals surface area contributed by atoms with Crippen molar-refractivity contribution in [1.29, 1.82) is 0 Å². The van der Waals surface area contributed by atoms with Gasteiger partial charge in [-0.3, -0.25) is 9.59 Å². The average Bonchev–Trinajstić information content (AvgIpc) is 3.21. The summed E-state index contributed by atoms with van der Waals surface area (Å²) in [6, 6.07) is 17.2. The molecule has 0 aliphatic carbocycles. The molecule has 3 aromatic rings. The Labute approximate surface area is 161 Å². The van der Waals surface area contributed by atoms with E-state index in [0.717, 1.165) is 5.56 Å². The molecular formula is C20H17ClN2O4. The summed E-state index contributed by atoms with van der Waals surface area (Å²) in [4.78, 5) is 23.8. The predicted octanol–water partition coefficient (Wildman–Crippen LogP) is 3.88. The average molecular weight is 385 g/mol. The largest absolute Gasteiger partial charge is 0.484 e. The van der Waals surface area contributed by atoms with E-state index in [2.05, 4.69) is 10.6 Å². The minimum absolute atomic E-state index is 0.112. The third-order valence-corrected chi connectivity index (χ3v) is 3.84. The van der Waals surface area contributed by atoms with Crippen LogP contribution < -0.4 is 15.4 Å². The van der Waals surface area contributed by atoms with Gasteiger partial charge in [-0.15, -0.1) is 0 Å². The Bertz CT molecular complexity index is 908. The number of carbonyl (C=O) groups excluding carboxylic acids is 2. The quantitative estimate of drug-likeness (QED) is 0.647. The van der Waals surface area contributed by atoms with Crippen LogP contribution in [0, 0.1) is 0 Å². The van der Waals surface area contributed by atoms with Gasteiger partial charge in [0.15, 0.2) is 12.4 Å². The van der Waals surface area contributed by atoms with Crippen LogP contribution in [0.15, 0.2) is 71.3 Å². The molecule has 0 radical (unpaired) electrons. The third kappa shape index (κ3) is 5.62. The summed E-state index contributed by atoms with van der Waals surface area (Å²) in [6.07, 6.45) is 1.43. The first-order chi connectivity index (χ1) is 13.1. The van der Waals surface area contributed by atoms with Crippen molar-refractivity contribution in [2.75, 3.05) is 11.9 Å². The normalized spacial score (nSPS) is 10.3. The molecule has 6 nitrogen and oxygen atoms in total. The summed E-state index contributed by atoms with van der Waals surface area (Å²) in [5, 5.41) is 6.08. The molecule has 0 atom stereocenters. The zero-order valence-electron chi connectivity index (χ0n) is 14.3. The lowest BCUT2D eigenvalue weighted by Gasteiger charge is -2.09. The molecule has 0 unspecified atom stereocenters. The first-order valence-corrected chi connectivity index (χ1v) is 8.57. The second-order valence-corrected chi connectivity index (χ2v) is 6.09. The molecule has 1 heterocycles. The van der Waals surface area contributed by atoms with E-state index in [1.807, 2.05) is 12.1 Å². The van der Waals surface area contributed by atoms with Crippen molar-refractivity contribution in [2.45, 2.75) is 6.54 Å². The Kier molecular flexibility index (Phi) is 6.12. The van der Waals surface area contributed by atoms with Gasteiger partial charge in [0.1, 0.15) is 5.75 Å². The number of nitrogens with one attached hydrogen (secondary N) is 2. The summed E-state index contributed by atoms with van der Waals surface area (Å²) in [5.41, 5.74) is 1.50. The molecule has 2 amide bonds. The molecule has 0 spiro atoms. The minimum atomic E-state index is -0.339. The first kappa shape index (κ1) is 18.5. The lowest BCUT2D eigenvalue weighted by molar-refractivity contribution is -0.123. The molecule has 0 bridgehead atoms. The number of benzene rings is 2. The number of carbonyl (C=O) groups is 2. The fraction of sp³-hybridized carbons (Fsp3) is 0.100. The van der Waals surface area contributed by atoms with E-state index in [1.54, 1.807) is 48.5 Å². The molecule has 27 heavy (non-hydrogen) atoms. The van der Waals surface area contributed by atoms with Crippen molar-refractivity contribution in [3.05, 3.63) is 83.3 Å². The molecule has 138 valence electrons. The van der Waals surface area contributed by atoms with Gasteiger partial charge in [0.2, 0.25) is 0 Å². The number of halogens is 1. The number of rotatable bonds is 7. The number of amides is 2. The Balaban J connectivity index is 1.44. The van der Waals surface area contributed by atoms with E-state index in [0.29, 0.717) is 23.0 Å². The lowest BCUT2D eigenvalue weighted by Crippen LogP contribution is -2.28. The molecular weight excluding hydrogens is 368 g/mol. The summed E-state index contributed by atoms with van der Waals surface area (Å²) < 4.78 is 10.5. The third-order valence-electron chi connectivity index (χ3n) is 3.61. The molecule has 0 saturated carbocycles. The van der Waals surface area contributed by atoms with Gasteiger partial charge >= 0.3 is 0 Å². The lowest BCUT2D eigenvalue weighted by atomic mass is 10.2. The standard InChI is InChI=1S/C20H17ClN2O4/c21-15-4-1-3-14(11-15)12-22-19(24)13-27-17-8-6-16(7-9-17)23-20(25)18-5-2-10-26-18/h1-11H,12-13H2,(H,22,24)(H,23,25). The van der Waals surface area contributed by atoms with Gasteiger partial charge in [0, 0.05) is 17.3 Å². The molecule has 0 aliphatic rings. The molecule has 0 aliphatic heterocycles. The van der Waals surface area contributed by atoms with Crippen molar-refractivity contribution in [2.24, 2.45) is 0 Å². The van der Waals surface area contributed by atoms with Crippen molar-refractivity contribution >= 4 is 29.1 Å². The second kappa shape index (κ2) is 8.91. The van der Waals surface area contributed by atoms with Crippen LogP contribution in [0.1, 0.15) is 16.1 Å². The monoisotopic (exact) mass is 384 g/mol. The zero-order chi connectivity index (χ0) is 19.1. The van der Waals surface area contributed by atoms with E-state index in [4.69, 9.17) is 20.8 Å². The maximum atomic E-state index is 11.9. The second-order valence-electron chi connectivity index (χ2n) is 5.65. The molecule has 1 aromatic heterocycles. The topological polar surface area (TPSA) is 80.6 Å². The van der Waals surface area contributed by atoms with E-state index < -0.39 is 0 Å². The Morgan fingerprint density at radius 1 is 1.04 bits per heavy atom. The Morgan fingerprint density at radius 2 is 1.85 bits per heavy atom. The molecule has 0 saturated heterocycles. The van der Waals surface area contributed by atoms with Crippen LogP contribution in [0.5, 0.6) is 5.75 Å². The maximum Gasteiger partial charge on any atom is 0.291 e. The van der Waals surface area contributed by atoms with Gasteiger partial charge in [0.05, 0.1) is 6.26 Å². The van der Waals surface area contributed by atoms with Crippen molar-refractivity contribution in [1.82, 2.24) is 5.32 Å². The van der Waals surface area contributed by atoms with Crippen LogP contribution in [0.3, 0.4) is 0 Å². The highest BCUT2D eigenvalue weighted by Crippen LogP contribution is 2.16. The van der Waals surface area contributed by atoms with Gasteiger partial charge in [-0.25, -0.2) is 0 Å². The zero-order valence-corrected chi connectivity index (χ0v) is 15.0. The number of hydrogen-bond donors (Lipinski definition) is 2. The van der Waals surface area contributed by atoms with Crippen LogP contribution in [-0.4, -0.2) is 18.4 Å². The van der Waals surface area contributed by atoms with Crippen molar-refractivity contribution in [3.8, 4) is 5.75 Å². The summed E-state index contributed by atoms with van der Waals surface area (Å²) in [7, 11) is 0. The van der Waals surface area contributed by atoms with E-state index in [9.17, 15) is 9.59 Å². The van der Waals surface area contributed by atoms with Crippen LogP contribution in [-0.2, 0) is 11.3 Å². The minimum Gasteiger partial charge on any atom is -0.484 e. The summed E-state index contributed by atoms with van der Waals surface area (Å²) in [6.45, 7) is 0.263. The SMILES string of the molecule is O=C(COc1ccc(NC(=O)c2ccco2)cc1)NCc1cccc(Cl)c1. The maximum absolute atomic E-state index is 11.9. The van der Waals surface area contributed by atoms with Gasteiger partial charge < -0.3 is 19.8 Å². The Hall–Kier alpha value is -3.25. The predicted molar refractivity (Wildman–Crippen MR) is 102 cm³/mol. The molecule has 0 fully saturated rings. The first-order valence-electron chi connectivity index (χ1n) is 8.19. The van der Waals surface area contributed by atoms with E-state index in [-0.39, 0.29) is 24.2 Å². The van der Waals surface area contributed by atoms with Crippen LogP contribution >= 0.6 is 11.6 Å². The fourth-order valence-electron chi connectivity index (χ4n) is 2.28. The van der Waals surface area contributed by atoms with Gasteiger partial charge in [-0.05, 0) is 54.1 Å². The van der Waals surface area contributed by atoms with Crippen LogP contribution in [0.25, 0.3) is 0 Å². The number of hydrogen-bond acceptors (Lipinski definition) is 4. The fourth-order valence-corrected chi connectivity index (χ4v) is 2.50. The molecule has 7 heteroatoms.